The van der Waals surface area contributed by atoms with Crippen LogP contribution in [0.5, 0.6) is 0 Å². The van der Waals surface area contributed by atoms with Gasteiger partial charge in [-0.25, -0.2) is 8.42 Å². The predicted octanol–water partition coefficient (Wildman–Crippen LogP) is 4.26. The van der Waals surface area contributed by atoms with Gasteiger partial charge in [-0.05, 0) is 34.7 Å². The summed E-state index contributed by atoms with van der Waals surface area (Å²) in [5.74, 6) is 0. The third kappa shape index (κ3) is 3.88. The third-order valence-electron chi connectivity index (χ3n) is 1.91. The molecule has 19 heavy (non-hydrogen) atoms. The van der Waals surface area contributed by atoms with Crippen LogP contribution in [0.25, 0.3) is 0 Å². The molecule has 1 rings (SSSR count). The lowest BCUT2D eigenvalue weighted by atomic mass is 10.1. The minimum Gasteiger partial charge on any atom is -0.207 e. The fourth-order valence-electron chi connectivity index (χ4n) is 1.28. The van der Waals surface area contributed by atoms with E-state index >= 15 is 0 Å². The minimum atomic E-state index is -5.28. The molecule has 0 atom stereocenters. The van der Waals surface area contributed by atoms with E-state index in [-0.39, 0.29) is 12.1 Å². The van der Waals surface area contributed by atoms with Crippen LogP contribution < -0.4 is 0 Å². The van der Waals surface area contributed by atoms with Crippen molar-refractivity contribution in [1.29, 1.82) is 0 Å². The predicted molar refractivity (Wildman–Crippen MR) is 62.2 cm³/mol. The average Bonchev–Trinajstić information content (AvgIpc) is 2.11. The quantitative estimate of drug-likeness (QED) is 0.373. The molecule has 0 aliphatic carbocycles. The Morgan fingerprint density at radius 2 is 1.26 bits per heavy atom. The summed E-state index contributed by atoms with van der Waals surface area (Å²) in [6.45, 7) is 0. The Labute approximate surface area is 121 Å². The average molecular weight is 439 g/mol. The molecule has 108 valence electrons. The lowest BCUT2D eigenvalue weighted by Crippen LogP contribution is -2.18. The monoisotopic (exact) mass is 438 g/mol. The minimum absolute atomic E-state index is 0.283. The highest BCUT2D eigenvalue weighted by atomic mass is 127. The van der Waals surface area contributed by atoms with Crippen molar-refractivity contribution in [3.63, 3.8) is 0 Å². The molecular formula is C8H2ClF6IO2S. The summed E-state index contributed by atoms with van der Waals surface area (Å²) in [6, 6.07) is 0.566. The molecule has 11 heteroatoms. The van der Waals surface area contributed by atoms with Crippen LogP contribution in [-0.2, 0) is 21.4 Å². The molecule has 0 saturated carbocycles. The van der Waals surface area contributed by atoms with Gasteiger partial charge in [0.1, 0.15) is 4.90 Å². The molecule has 0 aliphatic heterocycles. The number of alkyl halides is 6. The van der Waals surface area contributed by atoms with Gasteiger partial charge in [-0.3, -0.25) is 0 Å². The van der Waals surface area contributed by atoms with E-state index < -0.39 is 41.0 Å². The van der Waals surface area contributed by atoms with Crippen molar-refractivity contribution in [3.8, 4) is 0 Å². The number of halogens is 8. The summed E-state index contributed by atoms with van der Waals surface area (Å²) in [5, 5.41) is 0. The molecule has 2 nitrogen and oxygen atoms in total. The second-order valence-electron chi connectivity index (χ2n) is 3.26. The fourth-order valence-corrected chi connectivity index (χ4v) is 3.27. The molecule has 0 radical (unpaired) electrons. The maximum atomic E-state index is 12.6. The van der Waals surface area contributed by atoms with Gasteiger partial charge in [0.25, 0.3) is 9.05 Å². The van der Waals surface area contributed by atoms with E-state index in [4.69, 9.17) is 10.7 Å². The van der Waals surface area contributed by atoms with E-state index in [1.165, 1.54) is 22.6 Å². The van der Waals surface area contributed by atoms with Crippen LogP contribution in [0, 0.1) is 3.57 Å². The zero-order chi connectivity index (χ0) is 15.2. The summed E-state index contributed by atoms with van der Waals surface area (Å²) in [7, 11) is -0.515. The van der Waals surface area contributed by atoms with Crippen LogP contribution in [0.2, 0.25) is 0 Å². The molecule has 0 heterocycles. The molecule has 0 aromatic heterocycles. The molecule has 0 aliphatic rings. The second kappa shape index (κ2) is 4.95. The van der Waals surface area contributed by atoms with Crippen LogP contribution in [0.3, 0.4) is 0 Å². The molecule has 0 N–H and O–H groups in total. The van der Waals surface area contributed by atoms with E-state index in [0.29, 0.717) is 0 Å². The van der Waals surface area contributed by atoms with Gasteiger partial charge in [0.2, 0.25) is 0 Å². The van der Waals surface area contributed by atoms with E-state index in [0.717, 1.165) is 0 Å². The van der Waals surface area contributed by atoms with Crippen LogP contribution in [0.15, 0.2) is 17.0 Å². The van der Waals surface area contributed by atoms with Crippen molar-refractivity contribution < 1.29 is 34.8 Å². The van der Waals surface area contributed by atoms with E-state index in [1.807, 2.05) is 0 Å². The summed E-state index contributed by atoms with van der Waals surface area (Å²) in [4.78, 5) is -1.98. The highest BCUT2D eigenvalue weighted by Crippen LogP contribution is 2.43. The lowest BCUT2D eigenvalue weighted by Gasteiger charge is -2.17. The van der Waals surface area contributed by atoms with Gasteiger partial charge in [-0.2, -0.15) is 26.3 Å². The van der Waals surface area contributed by atoms with Crippen LogP contribution in [0.4, 0.5) is 26.3 Å². The molecule has 0 amide bonds. The highest BCUT2D eigenvalue weighted by molar-refractivity contribution is 14.1. The number of rotatable bonds is 1. The molecule has 0 bridgehead atoms. The Morgan fingerprint density at radius 1 is 0.947 bits per heavy atom. The van der Waals surface area contributed by atoms with Gasteiger partial charge in [0.05, 0.1) is 11.1 Å². The zero-order valence-electron chi connectivity index (χ0n) is 8.40. The first-order chi connectivity index (χ1) is 8.24. The maximum Gasteiger partial charge on any atom is 0.417 e. The van der Waals surface area contributed by atoms with E-state index in [1.54, 1.807) is 0 Å². The van der Waals surface area contributed by atoms with Crippen molar-refractivity contribution in [1.82, 2.24) is 0 Å². The first kappa shape index (κ1) is 16.8. The summed E-state index contributed by atoms with van der Waals surface area (Å²) in [6.07, 6.45) is -10.6. The number of hydrogen-bond acceptors (Lipinski definition) is 2. The summed E-state index contributed by atoms with van der Waals surface area (Å²) < 4.78 is 97.5. The van der Waals surface area contributed by atoms with Crippen molar-refractivity contribution in [2.75, 3.05) is 0 Å². The Morgan fingerprint density at radius 3 is 1.47 bits per heavy atom. The van der Waals surface area contributed by atoms with Gasteiger partial charge in [-0.1, -0.05) is 0 Å². The first-order valence-electron chi connectivity index (χ1n) is 4.17. The standard InChI is InChI=1S/C8H2ClF6IO2S/c9-19(17,18)6-4(7(10,11)12)1-3(16)2-5(6)8(13,14)15/h1-2H. The van der Waals surface area contributed by atoms with E-state index in [9.17, 15) is 34.8 Å². The largest absolute Gasteiger partial charge is 0.417 e. The van der Waals surface area contributed by atoms with Crippen molar-refractivity contribution in [2.45, 2.75) is 17.2 Å². The van der Waals surface area contributed by atoms with Gasteiger partial charge < -0.3 is 0 Å². The van der Waals surface area contributed by atoms with Crippen molar-refractivity contribution in [3.05, 3.63) is 26.8 Å². The summed E-state index contributed by atoms with van der Waals surface area (Å²) >= 11 is 1.22. The Bertz CT molecular complexity index is 572. The van der Waals surface area contributed by atoms with Crippen molar-refractivity contribution in [2.24, 2.45) is 0 Å². The smallest absolute Gasteiger partial charge is 0.207 e. The van der Waals surface area contributed by atoms with Crippen LogP contribution >= 0.6 is 33.3 Å². The SMILES string of the molecule is O=S(=O)(Cl)c1c(C(F)(F)F)cc(I)cc1C(F)(F)F. The van der Waals surface area contributed by atoms with Gasteiger partial charge in [0.15, 0.2) is 0 Å². The van der Waals surface area contributed by atoms with E-state index in [2.05, 4.69) is 0 Å². The second-order valence-corrected chi connectivity index (χ2v) is 7.01. The fraction of sp³-hybridized carbons (Fsp3) is 0.250. The van der Waals surface area contributed by atoms with Gasteiger partial charge in [-0.15, -0.1) is 0 Å². The number of benzene rings is 1. The normalized spacial score (nSPS) is 13.7. The topological polar surface area (TPSA) is 34.1 Å². The molecular weight excluding hydrogens is 436 g/mol. The van der Waals surface area contributed by atoms with Gasteiger partial charge >= 0.3 is 12.4 Å². The van der Waals surface area contributed by atoms with Crippen LogP contribution in [-0.4, -0.2) is 8.42 Å². The summed E-state index contributed by atoms with van der Waals surface area (Å²) in [5.41, 5.74) is -3.89. The van der Waals surface area contributed by atoms with Crippen LogP contribution in [0.1, 0.15) is 11.1 Å². The maximum absolute atomic E-state index is 12.6. The van der Waals surface area contributed by atoms with Gasteiger partial charge in [0, 0.05) is 14.3 Å². The first-order valence-corrected chi connectivity index (χ1v) is 7.56. The lowest BCUT2D eigenvalue weighted by molar-refractivity contribution is -0.147. The third-order valence-corrected chi connectivity index (χ3v) is 3.92. The number of hydrogen-bond donors (Lipinski definition) is 0. The molecule has 0 unspecified atom stereocenters. The Hall–Kier alpha value is -0.230. The molecule has 0 fully saturated rings. The molecule has 0 spiro atoms. The molecule has 1 aromatic rings. The highest BCUT2D eigenvalue weighted by Gasteiger charge is 2.45. The molecule has 0 saturated heterocycles. The Balaban J connectivity index is 3.91. The zero-order valence-corrected chi connectivity index (χ0v) is 12.1. The van der Waals surface area contributed by atoms with Crippen molar-refractivity contribution >= 4 is 42.3 Å². The Kier molecular flexibility index (Phi) is 4.38. The molecule has 1 aromatic carbocycles.